The number of primary amides is 1. The Kier molecular flexibility index (Phi) is 13.0. The molecule has 4 unspecified atom stereocenters. The third-order valence-corrected chi connectivity index (χ3v) is 4.62. The maximum atomic E-state index is 12.5. The molecule has 0 aromatic heterocycles. The van der Waals surface area contributed by atoms with Crippen LogP contribution in [0.3, 0.4) is 0 Å². The van der Waals surface area contributed by atoms with Crippen LogP contribution in [0.5, 0.6) is 0 Å². The van der Waals surface area contributed by atoms with Crippen molar-refractivity contribution in [2.45, 2.75) is 37.0 Å². The Morgan fingerprint density at radius 2 is 1.52 bits per heavy atom. The van der Waals surface area contributed by atoms with Crippen molar-refractivity contribution in [3.8, 4) is 0 Å². The van der Waals surface area contributed by atoms with Crippen LogP contribution in [0.1, 0.15) is 12.8 Å². The molecule has 0 rings (SSSR count). The SMILES string of the molecule is CSCCC(NC(=O)C(N)CC(N)=O)C(=O)NC(CS)C(=O)NC(CO)C(=O)O. The highest BCUT2D eigenvalue weighted by atomic mass is 32.2. The molecule has 4 amide bonds. The Hall–Kier alpha value is -2.03. The number of thioether (sulfide) groups is 1. The van der Waals surface area contributed by atoms with Gasteiger partial charge in [0, 0.05) is 5.75 Å². The number of carbonyl (C=O) groups excluding carboxylic acids is 4. The molecule has 14 heteroatoms. The third-order valence-electron chi connectivity index (χ3n) is 3.61. The van der Waals surface area contributed by atoms with E-state index >= 15 is 0 Å². The van der Waals surface area contributed by atoms with Crippen LogP contribution in [0, 0.1) is 0 Å². The fourth-order valence-electron chi connectivity index (χ4n) is 2.02. The molecule has 0 spiro atoms. The molecule has 0 saturated heterocycles. The first-order chi connectivity index (χ1) is 13.6. The highest BCUT2D eigenvalue weighted by Crippen LogP contribution is 2.03. The van der Waals surface area contributed by atoms with Gasteiger partial charge in [-0.2, -0.15) is 24.4 Å². The number of aliphatic hydroxyl groups is 1. The van der Waals surface area contributed by atoms with Crippen LogP contribution < -0.4 is 27.4 Å². The lowest BCUT2D eigenvalue weighted by atomic mass is 10.1. The van der Waals surface area contributed by atoms with Crippen molar-refractivity contribution >= 4 is 54.0 Å². The Morgan fingerprint density at radius 3 is 1.97 bits per heavy atom. The Morgan fingerprint density at radius 1 is 1.00 bits per heavy atom. The summed E-state index contributed by atoms with van der Waals surface area (Å²) in [5, 5.41) is 24.7. The van der Waals surface area contributed by atoms with E-state index < -0.39 is 66.8 Å². The number of amides is 4. The summed E-state index contributed by atoms with van der Waals surface area (Å²) in [7, 11) is 0. The van der Waals surface area contributed by atoms with Crippen LogP contribution in [-0.2, 0) is 24.0 Å². The molecule has 0 fully saturated rings. The second-order valence-electron chi connectivity index (χ2n) is 5.95. The molecular weight excluding hydrogens is 426 g/mol. The average molecular weight is 454 g/mol. The van der Waals surface area contributed by atoms with Gasteiger partial charge < -0.3 is 37.6 Å². The molecular formula is C15H27N5O7S2. The van der Waals surface area contributed by atoms with Gasteiger partial charge in [-0.15, -0.1) is 0 Å². The Bertz CT molecular complexity index is 608. The summed E-state index contributed by atoms with van der Waals surface area (Å²) >= 11 is 5.38. The fraction of sp³-hybridized carbons (Fsp3) is 0.667. The maximum Gasteiger partial charge on any atom is 0.328 e. The molecule has 0 saturated carbocycles. The zero-order chi connectivity index (χ0) is 22.6. The number of aliphatic carboxylic acids is 1. The van der Waals surface area contributed by atoms with Gasteiger partial charge in [0.2, 0.25) is 23.6 Å². The summed E-state index contributed by atoms with van der Waals surface area (Å²) in [4.78, 5) is 58.6. The number of nitrogens with two attached hydrogens (primary N) is 2. The summed E-state index contributed by atoms with van der Waals surface area (Å²) in [6.07, 6.45) is 1.60. The van der Waals surface area contributed by atoms with Gasteiger partial charge in [0.1, 0.15) is 18.1 Å². The van der Waals surface area contributed by atoms with E-state index in [0.29, 0.717) is 5.75 Å². The van der Waals surface area contributed by atoms with E-state index in [4.69, 9.17) is 21.7 Å². The van der Waals surface area contributed by atoms with E-state index in [2.05, 4.69) is 28.6 Å². The van der Waals surface area contributed by atoms with Crippen molar-refractivity contribution in [1.29, 1.82) is 0 Å². The van der Waals surface area contributed by atoms with E-state index in [0.717, 1.165) is 0 Å². The Balaban J connectivity index is 5.12. The molecule has 0 bridgehead atoms. The van der Waals surface area contributed by atoms with Gasteiger partial charge in [0.05, 0.1) is 19.1 Å². The molecule has 9 N–H and O–H groups in total. The minimum atomic E-state index is -1.54. The van der Waals surface area contributed by atoms with Crippen molar-refractivity contribution in [3.63, 3.8) is 0 Å². The van der Waals surface area contributed by atoms with Crippen LogP contribution in [0.25, 0.3) is 0 Å². The number of nitrogens with one attached hydrogen (secondary N) is 3. The highest BCUT2D eigenvalue weighted by Gasteiger charge is 2.29. The smallest absolute Gasteiger partial charge is 0.328 e. The van der Waals surface area contributed by atoms with E-state index in [1.54, 1.807) is 6.26 Å². The molecule has 0 aromatic rings. The minimum absolute atomic E-state index is 0.167. The molecule has 29 heavy (non-hydrogen) atoms. The molecule has 166 valence electrons. The molecule has 0 radical (unpaired) electrons. The number of thiol groups is 1. The maximum absolute atomic E-state index is 12.5. The first kappa shape index (κ1) is 27.0. The van der Waals surface area contributed by atoms with Gasteiger partial charge in [0.15, 0.2) is 0 Å². The number of aliphatic hydroxyl groups excluding tert-OH is 1. The van der Waals surface area contributed by atoms with E-state index in [1.807, 2.05) is 0 Å². The quantitative estimate of drug-likeness (QED) is 0.122. The van der Waals surface area contributed by atoms with Gasteiger partial charge in [-0.25, -0.2) is 4.79 Å². The van der Waals surface area contributed by atoms with Gasteiger partial charge in [0.25, 0.3) is 0 Å². The molecule has 0 aliphatic rings. The predicted molar refractivity (Wildman–Crippen MR) is 109 cm³/mol. The van der Waals surface area contributed by atoms with Crippen molar-refractivity contribution in [1.82, 2.24) is 16.0 Å². The lowest BCUT2D eigenvalue weighted by Crippen LogP contribution is -2.58. The van der Waals surface area contributed by atoms with Gasteiger partial charge in [-0.3, -0.25) is 19.2 Å². The summed E-state index contributed by atoms with van der Waals surface area (Å²) in [5.74, 6) is -4.24. The first-order valence-corrected chi connectivity index (χ1v) is 10.5. The molecule has 12 nitrogen and oxygen atoms in total. The number of carbonyl (C=O) groups is 5. The number of carboxylic acid groups (broad SMARTS) is 1. The summed E-state index contributed by atoms with van der Waals surface area (Å²) in [6, 6.07) is -5.05. The largest absolute Gasteiger partial charge is 0.480 e. The second kappa shape index (κ2) is 14.0. The monoisotopic (exact) mass is 453 g/mol. The summed E-state index contributed by atoms with van der Waals surface area (Å²) in [5.41, 5.74) is 10.6. The number of rotatable bonds is 14. The highest BCUT2D eigenvalue weighted by molar-refractivity contribution is 7.98. The standard InChI is InChI=1S/C15H27N5O7S2/c1-29-3-2-8(18-12(23)7(16)4-11(17)22)13(24)20-10(6-28)14(25)19-9(5-21)15(26)27/h7-10,21,28H,2-6,16H2,1H3,(H2,17,22)(H,18,23)(H,19,25)(H,20,24)(H,26,27). The topological polar surface area (TPSA) is 214 Å². The van der Waals surface area contributed by atoms with Gasteiger partial charge in [-0.05, 0) is 18.4 Å². The number of hydrogen-bond acceptors (Lipinski definition) is 9. The van der Waals surface area contributed by atoms with E-state index in [9.17, 15) is 24.0 Å². The van der Waals surface area contributed by atoms with Crippen LogP contribution >= 0.6 is 24.4 Å². The zero-order valence-corrected chi connectivity index (χ0v) is 17.5. The average Bonchev–Trinajstić information content (AvgIpc) is 2.65. The lowest BCUT2D eigenvalue weighted by Gasteiger charge is -2.24. The molecule has 4 atom stereocenters. The summed E-state index contributed by atoms with van der Waals surface area (Å²) < 4.78 is 0. The van der Waals surface area contributed by atoms with Crippen LogP contribution in [0.4, 0.5) is 0 Å². The van der Waals surface area contributed by atoms with Crippen LogP contribution in [-0.4, -0.2) is 88.3 Å². The van der Waals surface area contributed by atoms with Crippen molar-refractivity contribution in [3.05, 3.63) is 0 Å². The van der Waals surface area contributed by atoms with Gasteiger partial charge in [-0.1, -0.05) is 0 Å². The summed E-state index contributed by atoms with van der Waals surface area (Å²) in [6.45, 7) is -0.835. The molecule has 0 aromatic carbocycles. The zero-order valence-electron chi connectivity index (χ0n) is 15.8. The molecule has 0 heterocycles. The van der Waals surface area contributed by atoms with Crippen LogP contribution in [0.2, 0.25) is 0 Å². The van der Waals surface area contributed by atoms with Crippen molar-refractivity contribution in [2.75, 3.05) is 24.4 Å². The second-order valence-corrected chi connectivity index (χ2v) is 7.30. The lowest BCUT2D eigenvalue weighted by molar-refractivity contribution is -0.143. The molecule has 0 aliphatic carbocycles. The third kappa shape index (κ3) is 10.3. The minimum Gasteiger partial charge on any atom is -0.480 e. The number of carboxylic acids is 1. The molecule has 0 aliphatic heterocycles. The normalized spacial score (nSPS) is 14.8. The van der Waals surface area contributed by atoms with Crippen molar-refractivity contribution in [2.24, 2.45) is 11.5 Å². The van der Waals surface area contributed by atoms with Crippen molar-refractivity contribution < 1.29 is 34.2 Å². The van der Waals surface area contributed by atoms with Crippen LogP contribution in [0.15, 0.2) is 0 Å². The first-order valence-electron chi connectivity index (χ1n) is 8.45. The predicted octanol–water partition coefficient (Wildman–Crippen LogP) is -3.60. The van der Waals surface area contributed by atoms with E-state index in [1.165, 1.54) is 11.8 Å². The van der Waals surface area contributed by atoms with Gasteiger partial charge >= 0.3 is 5.97 Å². The fourth-order valence-corrected chi connectivity index (χ4v) is 2.75. The number of hydrogen-bond donors (Lipinski definition) is 8. The Labute approximate surface area is 177 Å². The van der Waals surface area contributed by atoms with E-state index in [-0.39, 0.29) is 12.2 Å².